The van der Waals surface area contributed by atoms with Crippen LogP contribution in [0.3, 0.4) is 0 Å². The molecule has 0 aliphatic carbocycles. The molecule has 0 heterocycles. The molecule has 0 aromatic rings. The van der Waals surface area contributed by atoms with Crippen LogP contribution in [0.4, 0.5) is 8.78 Å². The molecule has 2 atom stereocenters. The van der Waals surface area contributed by atoms with E-state index in [4.69, 9.17) is 0 Å². The van der Waals surface area contributed by atoms with Crippen molar-refractivity contribution in [3.63, 3.8) is 0 Å². The van der Waals surface area contributed by atoms with Crippen LogP contribution in [0.5, 0.6) is 0 Å². The first kappa shape index (κ1) is 9.86. The van der Waals surface area contributed by atoms with Crippen LogP contribution in [0.15, 0.2) is 0 Å². The summed E-state index contributed by atoms with van der Waals surface area (Å²) < 4.78 is 24.5. The van der Waals surface area contributed by atoms with Gasteiger partial charge in [-0.3, -0.25) is 0 Å². The zero-order chi connectivity index (χ0) is 7.98. The van der Waals surface area contributed by atoms with E-state index in [1.54, 1.807) is 0 Å². The van der Waals surface area contributed by atoms with E-state index >= 15 is 0 Å². The zero-order valence-corrected chi connectivity index (χ0v) is 6.61. The van der Waals surface area contributed by atoms with E-state index < -0.39 is 12.3 Å². The third-order valence-corrected chi connectivity index (χ3v) is 1.39. The first-order valence-electron chi connectivity index (χ1n) is 3.80. The fraction of sp³-hybridized carbons (Fsp3) is 0.875. The van der Waals surface area contributed by atoms with Crippen molar-refractivity contribution in [1.29, 1.82) is 0 Å². The molecule has 0 aliphatic rings. The van der Waals surface area contributed by atoms with Gasteiger partial charge in [-0.25, -0.2) is 8.78 Å². The van der Waals surface area contributed by atoms with Crippen LogP contribution in [0, 0.1) is 6.42 Å². The highest BCUT2D eigenvalue weighted by Crippen LogP contribution is 2.10. The summed E-state index contributed by atoms with van der Waals surface area (Å²) in [7, 11) is 0. The maximum Gasteiger partial charge on any atom is 0.134 e. The Balaban J connectivity index is 3.13. The first-order valence-corrected chi connectivity index (χ1v) is 3.80. The summed E-state index contributed by atoms with van der Waals surface area (Å²) in [5, 5.41) is 0. The molecule has 10 heavy (non-hydrogen) atoms. The Hall–Kier alpha value is -0.140. The summed E-state index contributed by atoms with van der Waals surface area (Å²) in [6.07, 6.45) is 1.36. The van der Waals surface area contributed by atoms with Gasteiger partial charge in [-0.1, -0.05) is 19.8 Å². The predicted molar refractivity (Wildman–Crippen MR) is 39.3 cm³/mol. The number of alkyl halides is 2. The van der Waals surface area contributed by atoms with E-state index in [1.807, 2.05) is 6.92 Å². The molecule has 0 amide bonds. The summed E-state index contributed by atoms with van der Waals surface area (Å²) in [4.78, 5) is 0. The average molecular weight is 149 g/mol. The number of halogens is 2. The molecule has 0 saturated carbocycles. The number of rotatable bonds is 5. The SMILES string of the molecule is CCCC[CH]C(F)C(C)F. The minimum atomic E-state index is -1.37. The Morgan fingerprint density at radius 1 is 1.40 bits per heavy atom. The maximum absolute atomic E-state index is 12.4. The summed E-state index contributed by atoms with van der Waals surface area (Å²) in [5.74, 6) is 0. The molecule has 0 spiro atoms. The molecule has 0 aromatic heterocycles. The molecule has 1 radical (unpaired) electrons. The van der Waals surface area contributed by atoms with E-state index in [0.29, 0.717) is 6.42 Å². The fourth-order valence-electron chi connectivity index (χ4n) is 0.669. The van der Waals surface area contributed by atoms with Crippen LogP contribution in [-0.4, -0.2) is 12.3 Å². The Morgan fingerprint density at radius 3 is 2.40 bits per heavy atom. The van der Waals surface area contributed by atoms with Gasteiger partial charge in [0.05, 0.1) is 0 Å². The molecule has 0 bridgehead atoms. The minimum Gasteiger partial charge on any atom is -0.245 e. The van der Waals surface area contributed by atoms with Crippen molar-refractivity contribution >= 4 is 0 Å². The summed E-state index contributed by atoms with van der Waals surface area (Å²) in [5.41, 5.74) is 0. The van der Waals surface area contributed by atoms with Crippen LogP contribution in [0.25, 0.3) is 0 Å². The number of hydrogen-bond acceptors (Lipinski definition) is 0. The normalized spacial score (nSPS) is 16.8. The molecular formula is C8H15F2. The van der Waals surface area contributed by atoms with E-state index in [0.717, 1.165) is 12.8 Å². The van der Waals surface area contributed by atoms with Gasteiger partial charge in [-0.15, -0.1) is 0 Å². The molecule has 2 unspecified atom stereocenters. The van der Waals surface area contributed by atoms with Gasteiger partial charge in [0, 0.05) is 0 Å². The summed E-state index contributed by atoms with van der Waals surface area (Å²) in [6.45, 7) is 3.27. The smallest absolute Gasteiger partial charge is 0.134 e. The largest absolute Gasteiger partial charge is 0.245 e. The lowest BCUT2D eigenvalue weighted by molar-refractivity contribution is 0.205. The lowest BCUT2D eigenvalue weighted by Gasteiger charge is -2.06. The van der Waals surface area contributed by atoms with Gasteiger partial charge in [0.15, 0.2) is 0 Å². The highest BCUT2D eigenvalue weighted by molar-refractivity contribution is 4.79. The van der Waals surface area contributed by atoms with Crippen LogP contribution < -0.4 is 0 Å². The van der Waals surface area contributed by atoms with Gasteiger partial charge >= 0.3 is 0 Å². The number of unbranched alkanes of at least 4 members (excludes halogenated alkanes) is 2. The zero-order valence-electron chi connectivity index (χ0n) is 6.61. The van der Waals surface area contributed by atoms with Crippen LogP contribution >= 0.6 is 0 Å². The van der Waals surface area contributed by atoms with Gasteiger partial charge in [0.1, 0.15) is 12.3 Å². The van der Waals surface area contributed by atoms with E-state index in [9.17, 15) is 8.78 Å². The van der Waals surface area contributed by atoms with Crippen molar-refractivity contribution in [3.8, 4) is 0 Å². The standard InChI is InChI=1S/C8H15F2/c1-3-4-5-6-8(10)7(2)9/h6-8H,3-5H2,1-2H3. The van der Waals surface area contributed by atoms with Crippen LogP contribution in [0.1, 0.15) is 33.1 Å². The first-order chi connectivity index (χ1) is 4.68. The van der Waals surface area contributed by atoms with Gasteiger partial charge in [0.2, 0.25) is 0 Å². The predicted octanol–water partition coefficient (Wildman–Crippen LogP) is 3.08. The van der Waals surface area contributed by atoms with Crippen LogP contribution in [-0.2, 0) is 0 Å². The van der Waals surface area contributed by atoms with Gasteiger partial charge < -0.3 is 0 Å². The second kappa shape index (κ2) is 5.63. The third kappa shape index (κ3) is 4.71. The Morgan fingerprint density at radius 2 is 2.00 bits per heavy atom. The van der Waals surface area contributed by atoms with Gasteiger partial charge in [0.25, 0.3) is 0 Å². The quantitative estimate of drug-likeness (QED) is 0.527. The summed E-state index contributed by atoms with van der Waals surface area (Å²) >= 11 is 0. The summed E-state index contributed by atoms with van der Waals surface area (Å²) in [6, 6.07) is 0. The molecule has 0 fully saturated rings. The van der Waals surface area contributed by atoms with Crippen molar-refractivity contribution in [2.45, 2.75) is 45.5 Å². The molecule has 0 N–H and O–H groups in total. The van der Waals surface area contributed by atoms with E-state index in [-0.39, 0.29) is 0 Å². The molecule has 0 rings (SSSR count). The van der Waals surface area contributed by atoms with Crippen molar-refractivity contribution < 1.29 is 8.78 Å². The monoisotopic (exact) mass is 149 g/mol. The Kier molecular flexibility index (Phi) is 5.55. The highest BCUT2D eigenvalue weighted by atomic mass is 19.2. The minimum absolute atomic E-state index is 0.686. The average Bonchev–Trinajstić information content (AvgIpc) is 1.88. The second-order valence-electron chi connectivity index (χ2n) is 2.50. The van der Waals surface area contributed by atoms with Crippen molar-refractivity contribution in [2.75, 3.05) is 0 Å². The van der Waals surface area contributed by atoms with Gasteiger partial charge in [-0.2, -0.15) is 0 Å². The fourth-order valence-corrected chi connectivity index (χ4v) is 0.669. The molecule has 0 aromatic carbocycles. The van der Waals surface area contributed by atoms with Crippen molar-refractivity contribution in [2.24, 2.45) is 0 Å². The van der Waals surface area contributed by atoms with Crippen LogP contribution in [0.2, 0.25) is 0 Å². The molecule has 0 saturated heterocycles. The van der Waals surface area contributed by atoms with Crippen molar-refractivity contribution in [3.05, 3.63) is 6.42 Å². The van der Waals surface area contributed by atoms with Crippen molar-refractivity contribution in [1.82, 2.24) is 0 Å². The Bertz CT molecular complexity index is 71.7. The lowest BCUT2D eigenvalue weighted by atomic mass is 10.1. The molecular weight excluding hydrogens is 134 g/mol. The lowest BCUT2D eigenvalue weighted by Crippen LogP contribution is -2.13. The number of hydrogen-bond donors (Lipinski definition) is 0. The second-order valence-corrected chi connectivity index (χ2v) is 2.50. The maximum atomic E-state index is 12.4. The van der Waals surface area contributed by atoms with Gasteiger partial charge in [-0.05, 0) is 19.8 Å². The highest BCUT2D eigenvalue weighted by Gasteiger charge is 2.13. The Labute approximate surface area is 61.6 Å². The molecule has 61 valence electrons. The molecule has 0 aliphatic heterocycles. The molecule has 2 heteroatoms. The molecule has 0 nitrogen and oxygen atoms in total. The topological polar surface area (TPSA) is 0 Å². The van der Waals surface area contributed by atoms with E-state index in [1.165, 1.54) is 13.3 Å². The van der Waals surface area contributed by atoms with E-state index in [2.05, 4.69) is 0 Å². The third-order valence-electron chi connectivity index (χ3n) is 1.39.